The largest absolute Gasteiger partial charge is 0.444 e. The molecule has 0 unspecified atom stereocenters. The fourth-order valence-corrected chi connectivity index (χ4v) is 2.29. The first kappa shape index (κ1) is 22.2. The molecule has 0 bridgehead atoms. The van der Waals surface area contributed by atoms with E-state index >= 15 is 0 Å². The Bertz CT molecular complexity index is 854. The van der Waals surface area contributed by atoms with Gasteiger partial charge in [0.15, 0.2) is 0 Å². The van der Waals surface area contributed by atoms with E-state index in [9.17, 15) is 14.9 Å². The summed E-state index contributed by atoms with van der Waals surface area (Å²) in [5.74, 6) is 0.283. The number of rotatable bonds is 8. The predicted molar refractivity (Wildman–Crippen MR) is 111 cm³/mol. The molecule has 3 N–H and O–H groups in total. The third kappa shape index (κ3) is 7.78. The second-order valence-corrected chi connectivity index (χ2v) is 7.46. The van der Waals surface area contributed by atoms with Crippen molar-refractivity contribution < 1.29 is 14.5 Å². The number of carbonyl (C=O) groups is 1. The van der Waals surface area contributed by atoms with E-state index in [-0.39, 0.29) is 17.5 Å². The molecule has 2 aromatic rings. The lowest BCUT2D eigenvalue weighted by molar-refractivity contribution is -0.384. The summed E-state index contributed by atoms with van der Waals surface area (Å²) in [6.45, 7) is 6.03. The van der Waals surface area contributed by atoms with E-state index in [1.165, 1.54) is 0 Å². The summed E-state index contributed by atoms with van der Waals surface area (Å²) in [5.41, 5.74) is -0.125. The molecule has 0 fully saturated rings. The minimum atomic E-state index is -0.572. The van der Waals surface area contributed by atoms with Crippen molar-refractivity contribution in [3.05, 3.63) is 45.6 Å². The van der Waals surface area contributed by atoms with Crippen molar-refractivity contribution in [2.75, 3.05) is 23.7 Å². The maximum absolute atomic E-state index is 11.6. The summed E-state index contributed by atoms with van der Waals surface area (Å²) in [4.78, 5) is 30.4. The number of hydrogen-bond acceptors (Lipinski definition) is 8. The van der Waals surface area contributed by atoms with Crippen molar-refractivity contribution in [1.29, 1.82) is 0 Å². The van der Waals surface area contributed by atoms with Crippen LogP contribution >= 0.6 is 11.6 Å². The molecule has 1 aromatic heterocycles. The number of halogens is 1. The van der Waals surface area contributed by atoms with Crippen LogP contribution in [0.1, 0.15) is 27.2 Å². The topological polar surface area (TPSA) is 131 Å². The fraction of sp³-hybridized carbons (Fsp3) is 0.389. The van der Waals surface area contributed by atoms with Gasteiger partial charge in [0.05, 0.1) is 4.92 Å². The lowest BCUT2D eigenvalue weighted by Crippen LogP contribution is -2.33. The van der Waals surface area contributed by atoms with Crippen molar-refractivity contribution in [1.82, 2.24) is 15.3 Å². The van der Waals surface area contributed by atoms with E-state index in [4.69, 9.17) is 16.3 Å². The summed E-state index contributed by atoms with van der Waals surface area (Å²) in [7, 11) is 0. The lowest BCUT2D eigenvalue weighted by Gasteiger charge is -2.19. The normalized spacial score (nSPS) is 10.9. The Morgan fingerprint density at radius 1 is 1.24 bits per heavy atom. The Morgan fingerprint density at radius 3 is 2.55 bits per heavy atom. The number of carbonyl (C=O) groups excluding carboxylic acids is 1. The zero-order valence-corrected chi connectivity index (χ0v) is 17.1. The van der Waals surface area contributed by atoms with Crippen LogP contribution in [0.25, 0.3) is 0 Å². The van der Waals surface area contributed by atoms with Crippen molar-refractivity contribution in [3.63, 3.8) is 0 Å². The van der Waals surface area contributed by atoms with Gasteiger partial charge in [0.2, 0.25) is 11.8 Å². The van der Waals surface area contributed by atoms with Crippen LogP contribution in [0.3, 0.4) is 0 Å². The molecule has 2 rings (SSSR count). The Labute approximate surface area is 173 Å². The highest BCUT2D eigenvalue weighted by Gasteiger charge is 2.18. The highest BCUT2D eigenvalue weighted by molar-refractivity contribution is 6.30. The number of nitrogens with zero attached hydrogens (tertiary/aromatic N) is 3. The molecule has 0 saturated heterocycles. The average molecular weight is 423 g/mol. The Hall–Kier alpha value is -3.14. The summed E-state index contributed by atoms with van der Waals surface area (Å²) in [5, 5.41) is 20.3. The molecule has 0 spiro atoms. The quantitative estimate of drug-likeness (QED) is 0.329. The lowest BCUT2D eigenvalue weighted by atomic mass is 10.2. The first-order valence-electron chi connectivity index (χ1n) is 8.89. The van der Waals surface area contributed by atoms with Gasteiger partial charge in [0.1, 0.15) is 11.8 Å². The zero-order chi connectivity index (χ0) is 21.4. The second kappa shape index (κ2) is 9.87. The third-order valence-corrected chi connectivity index (χ3v) is 3.63. The van der Waals surface area contributed by atoms with E-state index in [1.54, 1.807) is 45.0 Å². The molecule has 1 aromatic carbocycles. The Balaban J connectivity index is 1.93. The van der Waals surface area contributed by atoms with Crippen LogP contribution in [0.4, 0.5) is 27.9 Å². The van der Waals surface area contributed by atoms with Crippen LogP contribution in [-0.2, 0) is 4.74 Å². The maximum atomic E-state index is 11.6. The molecular formula is C18H23ClN6O4. The smallest absolute Gasteiger partial charge is 0.407 e. The average Bonchev–Trinajstić information content (AvgIpc) is 2.62. The Kier molecular flexibility index (Phi) is 7.54. The number of benzene rings is 1. The van der Waals surface area contributed by atoms with Gasteiger partial charge in [-0.1, -0.05) is 11.6 Å². The van der Waals surface area contributed by atoms with Gasteiger partial charge in [-0.05, 0) is 51.5 Å². The highest BCUT2D eigenvalue weighted by atomic mass is 35.5. The van der Waals surface area contributed by atoms with Crippen LogP contribution in [0.5, 0.6) is 0 Å². The molecule has 10 nitrogen and oxygen atoms in total. The number of amides is 1. The third-order valence-electron chi connectivity index (χ3n) is 3.38. The Morgan fingerprint density at radius 2 is 1.93 bits per heavy atom. The second-order valence-electron chi connectivity index (χ2n) is 7.03. The minimum absolute atomic E-state index is 0.0822. The fourth-order valence-electron chi connectivity index (χ4n) is 2.16. The monoisotopic (exact) mass is 422 g/mol. The predicted octanol–water partition coefficient (Wildman–Crippen LogP) is 4.11. The number of ether oxygens (including phenoxy) is 1. The minimum Gasteiger partial charge on any atom is -0.444 e. The molecule has 0 radical (unpaired) electrons. The molecule has 11 heteroatoms. The first-order valence-corrected chi connectivity index (χ1v) is 9.26. The standard InChI is InChI=1S/C18H23ClN6O4/c1-18(2,3)29-17(26)21-10-4-9-20-15-14(25(27)28)11-22-16(24-15)23-13-7-5-12(19)6-8-13/h5-8,11H,4,9-10H2,1-3H3,(H,21,26)(H2,20,22,23,24). The molecule has 29 heavy (non-hydrogen) atoms. The van der Waals surface area contributed by atoms with Crippen molar-refractivity contribution in [2.45, 2.75) is 32.8 Å². The number of nitro groups is 1. The van der Waals surface area contributed by atoms with Gasteiger partial charge in [-0.2, -0.15) is 4.98 Å². The first-order chi connectivity index (χ1) is 13.6. The van der Waals surface area contributed by atoms with Crippen LogP contribution in [-0.4, -0.2) is 39.7 Å². The summed E-state index contributed by atoms with van der Waals surface area (Å²) >= 11 is 5.85. The van der Waals surface area contributed by atoms with E-state index in [0.29, 0.717) is 30.2 Å². The summed E-state index contributed by atoms with van der Waals surface area (Å²) in [6.07, 6.45) is 1.13. The van der Waals surface area contributed by atoms with Gasteiger partial charge in [-0.3, -0.25) is 10.1 Å². The molecule has 0 saturated carbocycles. The SMILES string of the molecule is CC(C)(C)OC(=O)NCCCNc1nc(Nc2ccc(Cl)cc2)ncc1[N+](=O)[O-]. The van der Waals surface area contributed by atoms with Gasteiger partial charge in [0, 0.05) is 23.8 Å². The number of alkyl carbamates (subject to hydrolysis) is 1. The molecule has 0 aliphatic heterocycles. The van der Waals surface area contributed by atoms with E-state index in [2.05, 4.69) is 25.9 Å². The number of aromatic nitrogens is 2. The van der Waals surface area contributed by atoms with Gasteiger partial charge < -0.3 is 20.7 Å². The molecule has 1 heterocycles. The summed E-state index contributed by atoms with van der Waals surface area (Å²) in [6, 6.07) is 6.88. The van der Waals surface area contributed by atoms with Crippen LogP contribution in [0, 0.1) is 10.1 Å². The van der Waals surface area contributed by atoms with Gasteiger partial charge in [-0.15, -0.1) is 0 Å². The maximum Gasteiger partial charge on any atom is 0.407 e. The zero-order valence-electron chi connectivity index (χ0n) is 16.4. The van der Waals surface area contributed by atoms with Gasteiger partial charge >= 0.3 is 11.8 Å². The molecular weight excluding hydrogens is 400 g/mol. The number of anilines is 3. The van der Waals surface area contributed by atoms with E-state index < -0.39 is 16.6 Å². The molecule has 0 aliphatic rings. The van der Waals surface area contributed by atoms with Crippen molar-refractivity contribution in [3.8, 4) is 0 Å². The number of hydrogen-bond donors (Lipinski definition) is 3. The van der Waals surface area contributed by atoms with Gasteiger partial charge in [0.25, 0.3) is 0 Å². The number of nitrogens with one attached hydrogen (secondary N) is 3. The summed E-state index contributed by atoms with van der Waals surface area (Å²) < 4.78 is 5.14. The molecule has 0 atom stereocenters. The molecule has 0 aliphatic carbocycles. The van der Waals surface area contributed by atoms with Crippen LogP contribution in [0.2, 0.25) is 5.02 Å². The van der Waals surface area contributed by atoms with Crippen molar-refractivity contribution >= 4 is 40.8 Å². The highest BCUT2D eigenvalue weighted by Crippen LogP contribution is 2.24. The van der Waals surface area contributed by atoms with Crippen molar-refractivity contribution in [2.24, 2.45) is 0 Å². The molecule has 156 valence electrons. The van der Waals surface area contributed by atoms with Crippen LogP contribution < -0.4 is 16.0 Å². The van der Waals surface area contributed by atoms with E-state index in [0.717, 1.165) is 6.20 Å². The van der Waals surface area contributed by atoms with Gasteiger partial charge in [-0.25, -0.2) is 9.78 Å². The van der Waals surface area contributed by atoms with Crippen LogP contribution in [0.15, 0.2) is 30.5 Å². The molecule has 1 amide bonds. The van der Waals surface area contributed by atoms with E-state index in [1.807, 2.05) is 0 Å².